The van der Waals surface area contributed by atoms with Crippen molar-refractivity contribution in [1.82, 2.24) is 0 Å². The van der Waals surface area contributed by atoms with Crippen LogP contribution >= 0.6 is 27.5 Å². The van der Waals surface area contributed by atoms with Crippen LogP contribution in [-0.2, 0) is 20.0 Å². The molecule has 4 aromatic rings. The number of nitrogens with one attached hydrogen (secondary N) is 3. The lowest BCUT2D eigenvalue weighted by molar-refractivity contribution is 0.102. The number of sulfonamides is 2. The van der Waals surface area contributed by atoms with E-state index in [1.54, 1.807) is 43.3 Å². The van der Waals surface area contributed by atoms with Gasteiger partial charge in [-0.2, -0.15) is 0 Å². The zero-order chi connectivity index (χ0) is 28.4. The van der Waals surface area contributed by atoms with E-state index in [1.807, 2.05) is 13.0 Å². The lowest BCUT2D eigenvalue weighted by Gasteiger charge is -2.14. The summed E-state index contributed by atoms with van der Waals surface area (Å²) >= 11 is 9.49. The fourth-order valence-corrected chi connectivity index (χ4v) is 6.52. The Balaban J connectivity index is 1.51. The molecule has 0 aromatic heterocycles. The van der Waals surface area contributed by atoms with Gasteiger partial charge in [0.05, 0.1) is 15.6 Å². The van der Waals surface area contributed by atoms with Crippen molar-refractivity contribution in [3.63, 3.8) is 0 Å². The van der Waals surface area contributed by atoms with E-state index in [4.69, 9.17) is 11.6 Å². The van der Waals surface area contributed by atoms with E-state index in [0.29, 0.717) is 17.1 Å². The van der Waals surface area contributed by atoms with Crippen LogP contribution in [0.2, 0.25) is 5.02 Å². The Bertz CT molecular complexity index is 1760. The Morgan fingerprint density at radius 1 is 0.744 bits per heavy atom. The van der Waals surface area contributed by atoms with E-state index in [9.17, 15) is 21.6 Å². The molecular formula is C27H23BrClN3O5S2. The van der Waals surface area contributed by atoms with E-state index in [-0.39, 0.29) is 20.4 Å². The normalized spacial score (nSPS) is 11.6. The number of rotatable bonds is 8. The van der Waals surface area contributed by atoms with Crippen molar-refractivity contribution < 1.29 is 21.6 Å². The molecule has 0 aliphatic rings. The summed E-state index contributed by atoms with van der Waals surface area (Å²) < 4.78 is 57.4. The molecule has 39 heavy (non-hydrogen) atoms. The number of benzene rings is 4. The van der Waals surface area contributed by atoms with Crippen LogP contribution in [0.3, 0.4) is 0 Å². The Hall–Kier alpha value is -3.38. The van der Waals surface area contributed by atoms with Crippen LogP contribution in [0.5, 0.6) is 0 Å². The maximum Gasteiger partial charge on any atom is 0.263 e. The summed E-state index contributed by atoms with van der Waals surface area (Å²) in [7, 11) is -7.95. The van der Waals surface area contributed by atoms with Crippen molar-refractivity contribution in [3.8, 4) is 0 Å². The predicted octanol–water partition coefficient (Wildman–Crippen LogP) is 6.57. The number of halogens is 2. The third-order valence-electron chi connectivity index (χ3n) is 5.64. The minimum atomic E-state index is -4.10. The molecule has 202 valence electrons. The SMILES string of the molecule is Cc1ccc(C)c(NS(=O)(=O)c2cc(C(=O)Nc3ccc(S(=O)(=O)Nc4ccc(Br)cc4)cc3)ccc2Cl)c1. The monoisotopic (exact) mass is 647 g/mol. The highest BCUT2D eigenvalue weighted by Crippen LogP contribution is 2.27. The van der Waals surface area contributed by atoms with E-state index in [2.05, 4.69) is 30.7 Å². The summed E-state index contributed by atoms with van der Waals surface area (Å²) in [6.07, 6.45) is 0. The van der Waals surface area contributed by atoms with E-state index >= 15 is 0 Å². The third kappa shape index (κ3) is 6.99. The van der Waals surface area contributed by atoms with E-state index in [1.165, 1.54) is 42.5 Å². The number of anilines is 3. The minimum Gasteiger partial charge on any atom is -0.322 e. The van der Waals surface area contributed by atoms with Crippen molar-refractivity contribution in [2.75, 3.05) is 14.8 Å². The van der Waals surface area contributed by atoms with Crippen LogP contribution in [0, 0.1) is 13.8 Å². The lowest BCUT2D eigenvalue weighted by atomic mass is 10.1. The highest BCUT2D eigenvalue weighted by Gasteiger charge is 2.22. The van der Waals surface area contributed by atoms with Crippen molar-refractivity contribution in [3.05, 3.63) is 111 Å². The molecule has 0 bridgehead atoms. The molecule has 4 rings (SSSR count). The van der Waals surface area contributed by atoms with Crippen molar-refractivity contribution >= 4 is 70.5 Å². The van der Waals surface area contributed by atoms with Gasteiger partial charge in [-0.1, -0.05) is 39.7 Å². The van der Waals surface area contributed by atoms with E-state index < -0.39 is 26.0 Å². The van der Waals surface area contributed by atoms with Gasteiger partial charge in [-0.25, -0.2) is 16.8 Å². The van der Waals surface area contributed by atoms with Gasteiger partial charge >= 0.3 is 0 Å². The fraction of sp³-hybridized carbons (Fsp3) is 0.0741. The molecule has 8 nitrogen and oxygen atoms in total. The summed E-state index contributed by atoms with van der Waals surface area (Å²) in [6, 6.07) is 21.5. The number of carbonyl (C=O) groups excluding carboxylic acids is 1. The fourth-order valence-electron chi connectivity index (χ4n) is 3.55. The molecule has 0 heterocycles. The average molecular weight is 649 g/mol. The minimum absolute atomic E-state index is 0.000747. The molecule has 0 saturated carbocycles. The van der Waals surface area contributed by atoms with E-state index in [0.717, 1.165) is 15.6 Å². The Morgan fingerprint density at radius 2 is 1.38 bits per heavy atom. The summed E-state index contributed by atoms with van der Waals surface area (Å²) in [5, 5.41) is 2.60. The average Bonchev–Trinajstić information content (AvgIpc) is 2.88. The number of hydrogen-bond donors (Lipinski definition) is 3. The van der Waals surface area contributed by atoms with Crippen LogP contribution in [0.15, 0.2) is 99.2 Å². The van der Waals surface area contributed by atoms with Gasteiger partial charge in [-0.15, -0.1) is 0 Å². The molecule has 0 fully saturated rings. The largest absolute Gasteiger partial charge is 0.322 e. The highest BCUT2D eigenvalue weighted by molar-refractivity contribution is 9.10. The molecule has 0 atom stereocenters. The number of hydrogen-bond acceptors (Lipinski definition) is 5. The number of amides is 1. The predicted molar refractivity (Wildman–Crippen MR) is 158 cm³/mol. The maximum atomic E-state index is 13.1. The second-order valence-electron chi connectivity index (χ2n) is 8.66. The molecule has 0 saturated heterocycles. The van der Waals surface area contributed by atoms with Crippen molar-refractivity contribution in [2.45, 2.75) is 23.6 Å². The molecule has 0 aliphatic carbocycles. The molecule has 0 unspecified atom stereocenters. The first kappa shape index (κ1) is 28.6. The molecule has 0 spiro atoms. The summed E-state index contributed by atoms with van der Waals surface area (Å²) in [5.41, 5.74) is 2.78. The summed E-state index contributed by atoms with van der Waals surface area (Å²) in [4.78, 5) is 12.7. The Morgan fingerprint density at radius 3 is 2.05 bits per heavy atom. The van der Waals surface area contributed by atoms with Gasteiger partial charge in [0.2, 0.25) is 0 Å². The Labute approximate surface area is 240 Å². The zero-order valence-electron chi connectivity index (χ0n) is 20.7. The summed E-state index contributed by atoms with van der Waals surface area (Å²) in [5.74, 6) is -0.599. The van der Waals surface area contributed by atoms with Crippen LogP contribution in [0.25, 0.3) is 0 Å². The molecular weight excluding hydrogens is 626 g/mol. The van der Waals surface area contributed by atoms with Crippen LogP contribution in [0.4, 0.5) is 17.1 Å². The smallest absolute Gasteiger partial charge is 0.263 e. The quantitative estimate of drug-likeness (QED) is 0.200. The van der Waals surface area contributed by atoms with Gasteiger partial charge in [-0.3, -0.25) is 14.2 Å². The van der Waals surface area contributed by atoms with Crippen LogP contribution < -0.4 is 14.8 Å². The molecule has 12 heteroatoms. The molecule has 0 aliphatic heterocycles. The third-order valence-corrected chi connectivity index (χ3v) is 9.41. The van der Waals surface area contributed by atoms with Gasteiger partial charge in [0.15, 0.2) is 0 Å². The summed E-state index contributed by atoms with van der Waals surface area (Å²) in [6.45, 7) is 3.62. The topological polar surface area (TPSA) is 121 Å². The van der Waals surface area contributed by atoms with Crippen LogP contribution in [-0.4, -0.2) is 22.7 Å². The molecule has 4 aromatic carbocycles. The number of carbonyl (C=O) groups is 1. The Kier molecular flexibility index (Phi) is 8.36. The van der Waals surface area contributed by atoms with Gasteiger partial charge in [0, 0.05) is 21.4 Å². The maximum absolute atomic E-state index is 13.1. The molecule has 1 amide bonds. The first-order valence-electron chi connectivity index (χ1n) is 11.4. The lowest BCUT2D eigenvalue weighted by Crippen LogP contribution is -2.17. The first-order chi connectivity index (χ1) is 18.3. The first-order valence-corrected chi connectivity index (χ1v) is 15.6. The highest BCUT2D eigenvalue weighted by atomic mass is 79.9. The second-order valence-corrected chi connectivity index (χ2v) is 13.3. The standard InChI is InChI=1S/C27H23BrClN3O5S2/c1-17-3-4-18(2)25(15-17)32-39(36,37)26-16-19(5-14-24(26)29)27(33)30-21-10-12-23(13-11-21)38(34,35)31-22-8-6-20(28)7-9-22/h3-16,31-32H,1-2H3,(H,30,33). The van der Waals surface area contributed by atoms with Crippen molar-refractivity contribution in [2.24, 2.45) is 0 Å². The van der Waals surface area contributed by atoms with Gasteiger partial charge in [0.1, 0.15) is 4.90 Å². The molecule has 0 radical (unpaired) electrons. The van der Waals surface area contributed by atoms with Gasteiger partial charge in [0.25, 0.3) is 26.0 Å². The zero-order valence-corrected chi connectivity index (χ0v) is 24.7. The van der Waals surface area contributed by atoms with Crippen molar-refractivity contribution in [1.29, 1.82) is 0 Å². The second kappa shape index (κ2) is 11.4. The number of aryl methyl sites for hydroxylation is 2. The van der Waals surface area contributed by atoms with Gasteiger partial charge < -0.3 is 5.32 Å². The van der Waals surface area contributed by atoms with Gasteiger partial charge in [-0.05, 0) is 97.8 Å². The van der Waals surface area contributed by atoms with Crippen LogP contribution in [0.1, 0.15) is 21.5 Å². The molecule has 3 N–H and O–H groups in total.